The lowest BCUT2D eigenvalue weighted by Gasteiger charge is -2.39. The van der Waals surface area contributed by atoms with Crippen LogP contribution in [0.2, 0.25) is 0 Å². The quantitative estimate of drug-likeness (QED) is 0.560. The third-order valence-corrected chi connectivity index (χ3v) is 3.67. The highest BCUT2D eigenvalue weighted by molar-refractivity contribution is 5.95. The number of nitrogen functional groups attached to an aromatic ring is 1. The second-order valence-electron chi connectivity index (χ2n) is 5.50. The summed E-state index contributed by atoms with van der Waals surface area (Å²) in [6.07, 6.45) is 5.11. The van der Waals surface area contributed by atoms with Gasteiger partial charge in [0.25, 0.3) is 5.91 Å². The normalized spacial score (nSPS) is 16.6. The van der Waals surface area contributed by atoms with E-state index in [1.165, 1.54) is 6.42 Å². The number of carbonyl (C=O) groups excluding carboxylic acids is 1. The molecule has 1 amide bonds. The fraction of sp³-hybridized carbons (Fsp3) is 0.571. The summed E-state index contributed by atoms with van der Waals surface area (Å²) in [5.74, 6) is 5.90. The molecular formula is C14H22N4O. The van der Waals surface area contributed by atoms with Crippen molar-refractivity contribution in [3.05, 3.63) is 23.4 Å². The first kappa shape index (κ1) is 13.8. The second kappa shape index (κ2) is 5.57. The molecule has 0 aromatic carbocycles. The Morgan fingerprint density at radius 3 is 2.74 bits per heavy atom. The number of hydrazine groups is 1. The van der Waals surface area contributed by atoms with Crippen LogP contribution in [0.4, 0.5) is 5.82 Å². The van der Waals surface area contributed by atoms with Crippen LogP contribution in [0.5, 0.6) is 0 Å². The van der Waals surface area contributed by atoms with E-state index in [1.54, 1.807) is 6.07 Å². The van der Waals surface area contributed by atoms with Crippen molar-refractivity contribution in [2.24, 2.45) is 5.84 Å². The molecule has 0 spiro atoms. The number of nitrogens with one attached hydrogen (secondary N) is 2. The Labute approximate surface area is 114 Å². The lowest BCUT2D eigenvalue weighted by atomic mass is 9.78. The van der Waals surface area contributed by atoms with Gasteiger partial charge in [-0.2, -0.15) is 0 Å². The van der Waals surface area contributed by atoms with E-state index in [-0.39, 0.29) is 11.4 Å². The number of anilines is 1. The molecule has 1 saturated carbocycles. The van der Waals surface area contributed by atoms with Crippen LogP contribution in [0, 0.1) is 0 Å². The molecule has 1 heterocycles. The molecule has 104 valence electrons. The lowest BCUT2D eigenvalue weighted by Crippen LogP contribution is -2.50. The number of nitrogens with two attached hydrogens (primary N) is 1. The predicted molar refractivity (Wildman–Crippen MR) is 75.8 cm³/mol. The molecule has 5 nitrogen and oxygen atoms in total. The van der Waals surface area contributed by atoms with Gasteiger partial charge in [-0.3, -0.25) is 4.79 Å². The van der Waals surface area contributed by atoms with Gasteiger partial charge >= 0.3 is 0 Å². The van der Waals surface area contributed by atoms with E-state index < -0.39 is 0 Å². The van der Waals surface area contributed by atoms with Crippen molar-refractivity contribution < 1.29 is 4.79 Å². The van der Waals surface area contributed by atoms with Crippen LogP contribution in [0.1, 0.15) is 55.6 Å². The minimum absolute atomic E-state index is 0.0401. The summed E-state index contributed by atoms with van der Waals surface area (Å²) in [6, 6.07) is 3.54. The van der Waals surface area contributed by atoms with Gasteiger partial charge in [-0.25, -0.2) is 10.8 Å². The molecule has 2 rings (SSSR count). The number of rotatable bonds is 5. The average molecular weight is 262 g/mol. The number of pyridine rings is 1. The average Bonchev–Trinajstić information content (AvgIpc) is 2.36. The first-order valence-electron chi connectivity index (χ1n) is 6.86. The van der Waals surface area contributed by atoms with Crippen molar-refractivity contribution in [1.29, 1.82) is 0 Å². The summed E-state index contributed by atoms with van der Waals surface area (Å²) in [4.78, 5) is 16.6. The first-order chi connectivity index (χ1) is 9.06. The van der Waals surface area contributed by atoms with Gasteiger partial charge in [0, 0.05) is 16.8 Å². The van der Waals surface area contributed by atoms with Gasteiger partial charge in [0.1, 0.15) is 5.82 Å². The standard InChI is InChI=1S/C14H22N4O/c1-3-5-11-8-10(9-12(16-11)18-15)13(19)17-14(2)6-4-7-14/h8-9H,3-7,15H2,1-2H3,(H,16,18)(H,17,19). The maximum Gasteiger partial charge on any atom is 0.251 e. The number of amides is 1. The number of nitrogens with zero attached hydrogens (tertiary/aromatic N) is 1. The molecule has 0 bridgehead atoms. The third-order valence-electron chi connectivity index (χ3n) is 3.67. The highest BCUT2D eigenvalue weighted by Crippen LogP contribution is 2.31. The van der Waals surface area contributed by atoms with E-state index in [4.69, 9.17) is 5.84 Å². The summed E-state index contributed by atoms with van der Waals surface area (Å²) in [5, 5.41) is 3.09. The van der Waals surface area contributed by atoms with Crippen molar-refractivity contribution in [3.63, 3.8) is 0 Å². The largest absolute Gasteiger partial charge is 0.347 e. The van der Waals surface area contributed by atoms with Gasteiger partial charge in [-0.1, -0.05) is 13.3 Å². The Balaban J connectivity index is 2.17. The van der Waals surface area contributed by atoms with E-state index in [9.17, 15) is 4.79 Å². The van der Waals surface area contributed by atoms with Crippen LogP contribution < -0.4 is 16.6 Å². The molecule has 5 heteroatoms. The SMILES string of the molecule is CCCc1cc(C(=O)NC2(C)CCC2)cc(NN)n1. The summed E-state index contributed by atoms with van der Waals surface area (Å²) in [7, 11) is 0. The van der Waals surface area contributed by atoms with E-state index in [0.717, 1.165) is 31.4 Å². The highest BCUT2D eigenvalue weighted by atomic mass is 16.1. The molecule has 0 atom stereocenters. The molecule has 1 aliphatic carbocycles. The molecular weight excluding hydrogens is 240 g/mol. The fourth-order valence-corrected chi connectivity index (χ4v) is 2.36. The number of carbonyl (C=O) groups is 1. The lowest BCUT2D eigenvalue weighted by molar-refractivity contribution is 0.0850. The van der Waals surface area contributed by atoms with Crippen molar-refractivity contribution in [1.82, 2.24) is 10.3 Å². The maximum absolute atomic E-state index is 12.3. The maximum atomic E-state index is 12.3. The fourth-order valence-electron chi connectivity index (χ4n) is 2.36. The number of aryl methyl sites for hydroxylation is 1. The van der Waals surface area contributed by atoms with Gasteiger partial charge in [0.15, 0.2) is 0 Å². The highest BCUT2D eigenvalue weighted by Gasteiger charge is 2.33. The van der Waals surface area contributed by atoms with Crippen LogP contribution in [-0.4, -0.2) is 16.4 Å². The van der Waals surface area contributed by atoms with Crippen LogP contribution >= 0.6 is 0 Å². The third kappa shape index (κ3) is 3.23. The Kier molecular flexibility index (Phi) is 4.04. The Hall–Kier alpha value is -1.62. The van der Waals surface area contributed by atoms with Crippen LogP contribution in [0.15, 0.2) is 12.1 Å². The molecule has 1 fully saturated rings. The van der Waals surface area contributed by atoms with E-state index in [1.807, 2.05) is 6.07 Å². The van der Waals surface area contributed by atoms with Gasteiger partial charge in [-0.05, 0) is 44.7 Å². The van der Waals surface area contributed by atoms with Gasteiger partial charge in [-0.15, -0.1) is 0 Å². The summed E-state index contributed by atoms with van der Waals surface area (Å²) < 4.78 is 0. The van der Waals surface area contributed by atoms with E-state index >= 15 is 0 Å². The topological polar surface area (TPSA) is 80.0 Å². The summed E-state index contributed by atoms with van der Waals surface area (Å²) in [5.41, 5.74) is 4.00. The molecule has 1 aromatic heterocycles. The predicted octanol–water partition coefficient (Wildman–Crippen LogP) is 1.99. The van der Waals surface area contributed by atoms with E-state index in [0.29, 0.717) is 11.4 Å². The number of hydrogen-bond acceptors (Lipinski definition) is 4. The monoisotopic (exact) mass is 262 g/mol. The van der Waals surface area contributed by atoms with Crippen molar-refractivity contribution in [3.8, 4) is 0 Å². The summed E-state index contributed by atoms with van der Waals surface area (Å²) >= 11 is 0. The Morgan fingerprint density at radius 1 is 1.47 bits per heavy atom. The van der Waals surface area contributed by atoms with Gasteiger partial charge in [0.2, 0.25) is 0 Å². The Morgan fingerprint density at radius 2 is 2.21 bits per heavy atom. The van der Waals surface area contributed by atoms with Crippen molar-refractivity contribution in [2.75, 3.05) is 5.43 Å². The summed E-state index contributed by atoms with van der Waals surface area (Å²) in [6.45, 7) is 4.17. The second-order valence-corrected chi connectivity index (χ2v) is 5.50. The molecule has 4 N–H and O–H groups in total. The van der Waals surface area contributed by atoms with Crippen molar-refractivity contribution >= 4 is 11.7 Å². The van der Waals surface area contributed by atoms with Gasteiger partial charge in [0.05, 0.1) is 0 Å². The van der Waals surface area contributed by atoms with Crippen molar-refractivity contribution in [2.45, 2.75) is 51.5 Å². The van der Waals surface area contributed by atoms with Gasteiger partial charge < -0.3 is 10.7 Å². The molecule has 0 aliphatic heterocycles. The molecule has 0 saturated heterocycles. The zero-order chi connectivity index (χ0) is 13.9. The van der Waals surface area contributed by atoms with Crippen LogP contribution in [0.25, 0.3) is 0 Å². The van der Waals surface area contributed by atoms with Crippen LogP contribution in [-0.2, 0) is 6.42 Å². The zero-order valence-corrected chi connectivity index (χ0v) is 11.6. The minimum Gasteiger partial charge on any atom is -0.347 e. The molecule has 0 radical (unpaired) electrons. The Bertz CT molecular complexity index is 469. The minimum atomic E-state index is -0.0431. The van der Waals surface area contributed by atoms with E-state index in [2.05, 4.69) is 29.6 Å². The first-order valence-corrected chi connectivity index (χ1v) is 6.86. The molecule has 19 heavy (non-hydrogen) atoms. The number of hydrogen-bond donors (Lipinski definition) is 3. The molecule has 1 aromatic rings. The zero-order valence-electron chi connectivity index (χ0n) is 11.6. The van der Waals surface area contributed by atoms with Crippen LogP contribution in [0.3, 0.4) is 0 Å². The molecule has 0 unspecified atom stereocenters. The number of aromatic nitrogens is 1. The molecule has 1 aliphatic rings. The smallest absolute Gasteiger partial charge is 0.251 e.